The maximum Gasteiger partial charge on any atom is 0.406 e. The fourth-order valence-corrected chi connectivity index (χ4v) is 5.59. The Morgan fingerprint density at radius 3 is 2.65 bits per heavy atom. The number of anilines is 2. The number of nitrogens with one attached hydrogen (secondary N) is 2. The molecule has 43 heavy (non-hydrogen) atoms. The van der Waals surface area contributed by atoms with Crippen LogP contribution >= 0.6 is 11.8 Å². The summed E-state index contributed by atoms with van der Waals surface area (Å²) in [5.74, 6) is 6.39. The van der Waals surface area contributed by atoms with Gasteiger partial charge in [-0.2, -0.15) is 18.4 Å². The lowest BCUT2D eigenvalue weighted by molar-refractivity contribution is -0.140. The molecular weight excluding hydrogens is 579 g/mol. The van der Waals surface area contributed by atoms with Gasteiger partial charge in [-0.25, -0.2) is 0 Å². The molecule has 8 nitrogen and oxygen atoms in total. The number of β-amino-alcohol motifs (C(OH)–C–C–N with tert-alkyl or cyclic N) is 1. The number of methoxy groups -OCH3 is 1. The number of aliphatic hydroxyl groups excluding tert-OH is 1. The number of halogens is 3. The first kappa shape index (κ1) is 32.4. The number of rotatable bonds is 12. The normalized spacial score (nSPS) is 15.0. The molecule has 0 bridgehead atoms. The van der Waals surface area contributed by atoms with Crippen molar-refractivity contribution >= 4 is 34.0 Å². The Morgan fingerprint density at radius 1 is 1.16 bits per heavy atom. The van der Waals surface area contributed by atoms with E-state index in [0.29, 0.717) is 35.5 Å². The number of aliphatic hydroxyl groups is 1. The van der Waals surface area contributed by atoms with Crippen LogP contribution in [0.1, 0.15) is 18.5 Å². The van der Waals surface area contributed by atoms with Gasteiger partial charge in [0, 0.05) is 48.8 Å². The third-order valence-electron chi connectivity index (χ3n) is 7.12. The first-order chi connectivity index (χ1) is 20.7. The Bertz CT molecular complexity index is 1470. The standard InChI is InChI=1S/C31H36F3N5O3S/c1-41-20-24(40)19-38-14-10-22(11-15-38)37-27-6-3-7-29-26(27)17-23(39(29)21-31(32,33)34)5-4-13-36-28-9-8-25(43-2)18-30(28)42-16-12-35/h3,6-9,17-18,22,24,36-37,40H,10-11,13-16,19-21H2,1-2H3. The fourth-order valence-electron chi connectivity index (χ4n) is 5.17. The molecule has 0 radical (unpaired) electrons. The summed E-state index contributed by atoms with van der Waals surface area (Å²) in [4.78, 5) is 3.16. The molecule has 1 fully saturated rings. The zero-order valence-corrected chi connectivity index (χ0v) is 25.0. The van der Waals surface area contributed by atoms with Crippen LogP contribution in [0.4, 0.5) is 24.5 Å². The van der Waals surface area contributed by atoms with Crippen molar-refractivity contribution in [1.29, 1.82) is 5.26 Å². The van der Waals surface area contributed by atoms with Crippen LogP contribution < -0.4 is 15.4 Å². The van der Waals surface area contributed by atoms with Crippen LogP contribution in [0, 0.1) is 23.2 Å². The summed E-state index contributed by atoms with van der Waals surface area (Å²) in [6, 6.07) is 14.7. The third kappa shape index (κ3) is 9.22. The number of thioether (sulfide) groups is 1. The second-order valence-electron chi connectivity index (χ2n) is 10.3. The highest BCUT2D eigenvalue weighted by Crippen LogP contribution is 2.32. The Balaban J connectivity index is 1.51. The number of ether oxygens (including phenoxy) is 2. The summed E-state index contributed by atoms with van der Waals surface area (Å²) < 4.78 is 52.6. The summed E-state index contributed by atoms with van der Waals surface area (Å²) in [5, 5.41) is 26.3. The van der Waals surface area contributed by atoms with E-state index >= 15 is 0 Å². The van der Waals surface area contributed by atoms with Gasteiger partial charge in [0.1, 0.15) is 18.4 Å². The lowest BCUT2D eigenvalue weighted by Gasteiger charge is -2.34. The second kappa shape index (κ2) is 15.3. The number of alkyl halides is 3. The summed E-state index contributed by atoms with van der Waals surface area (Å²) in [7, 11) is 1.56. The summed E-state index contributed by atoms with van der Waals surface area (Å²) >= 11 is 1.54. The van der Waals surface area contributed by atoms with Gasteiger partial charge in [-0.15, -0.1) is 11.8 Å². The zero-order chi connectivity index (χ0) is 30.8. The monoisotopic (exact) mass is 615 g/mol. The van der Waals surface area contributed by atoms with E-state index in [4.69, 9.17) is 14.7 Å². The van der Waals surface area contributed by atoms with Crippen molar-refractivity contribution < 1.29 is 27.8 Å². The van der Waals surface area contributed by atoms with Crippen molar-refractivity contribution in [2.24, 2.45) is 0 Å². The Hall–Kier alpha value is -3.55. The molecule has 1 saturated heterocycles. The van der Waals surface area contributed by atoms with Crippen LogP contribution in [0.25, 0.3) is 10.9 Å². The highest BCUT2D eigenvalue weighted by atomic mass is 32.2. The molecule has 0 amide bonds. The van der Waals surface area contributed by atoms with E-state index < -0.39 is 18.8 Å². The van der Waals surface area contributed by atoms with Crippen molar-refractivity contribution in [2.45, 2.75) is 42.6 Å². The minimum atomic E-state index is -4.42. The number of hydrogen-bond donors (Lipinski definition) is 3. The van der Waals surface area contributed by atoms with Crippen molar-refractivity contribution in [3.8, 4) is 23.7 Å². The molecule has 1 atom stereocenters. The average Bonchev–Trinajstić information content (AvgIpc) is 3.32. The number of aromatic nitrogens is 1. The van der Waals surface area contributed by atoms with Gasteiger partial charge in [-0.1, -0.05) is 12.0 Å². The quantitative estimate of drug-likeness (QED) is 0.190. The molecule has 3 aromatic rings. The predicted octanol–water partition coefficient (Wildman–Crippen LogP) is 5.18. The summed E-state index contributed by atoms with van der Waals surface area (Å²) in [6.07, 6.45) is -1.34. The van der Waals surface area contributed by atoms with E-state index in [0.717, 1.165) is 36.5 Å². The van der Waals surface area contributed by atoms with E-state index in [-0.39, 0.29) is 24.9 Å². The molecule has 230 valence electrons. The van der Waals surface area contributed by atoms with Crippen molar-refractivity contribution in [3.05, 3.63) is 48.2 Å². The number of nitriles is 1. The van der Waals surface area contributed by atoms with Gasteiger partial charge in [0.15, 0.2) is 6.61 Å². The molecule has 2 heterocycles. The number of fused-ring (bicyclic) bond motifs is 1. The average molecular weight is 616 g/mol. The number of benzene rings is 2. The molecule has 3 N–H and O–H groups in total. The number of hydrogen-bond acceptors (Lipinski definition) is 8. The third-order valence-corrected chi connectivity index (χ3v) is 7.85. The predicted molar refractivity (Wildman–Crippen MR) is 164 cm³/mol. The lowest BCUT2D eigenvalue weighted by atomic mass is 10.0. The van der Waals surface area contributed by atoms with E-state index in [1.165, 1.54) is 4.57 Å². The molecule has 2 aromatic carbocycles. The maximum atomic E-state index is 13.6. The smallest absolute Gasteiger partial charge is 0.406 e. The molecule has 0 spiro atoms. The van der Waals surface area contributed by atoms with Crippen LogP contribution in [-0.4, -0.2) is 85.7 Å². The van der Waals surface area contributed by atoms with Crippen LogP contribution in [0.5, 0.6) is 5.75 Å². The molecule has 1 unspecified atom stereocenters. The molecule has 1 aliphatic heterocycles. The first-order valence-corrected chi connectivity index (χ1v) is 15.2. The Labute approximate surface area is 254 Å². The highest BCUT2D eigenvalue weighted by Gasteiger charge is 2.30. The van der Waals surface area contributed by atoms with Gasteiger partial charge >= 0.3 is 6.18 Å². The zero-order valence-electron chi connectivity index (χ0n) is 24.2. The second-order valence-corrected chi connectivity index (χ2v) is 11.1. The molecule has 0 aliphatic carbocycles. The molecule has 0 saturated carbocycles. The van der Waals surface area contributed by atoms with E-state index in [1.807, 2.05) is 36.6 Å². The van der Waals surface area contributed by atoms with Gasteiger partial charge in [-0.05, 0) is 61.4 Å². The molecule has 1 aromatic heterocycles. The summed E-state index contributed by atoms with van der Waals surface area (Å²) in [5.41, 5.74) is 2.14. The van der Waals surface area contributed by atoms with Gasteiger partial charge in [0.2, 0.25) is 0 Å². The molecular formula is C31H36F3N5O3S. The lowest BCUT2D eigenvalue weighted by Crippen LogP contribution is -2.43. The number of nitrogens with zero attached hydrogens (tertiary/aromatic N) is 3. The van der Waals surface area contributed by atoms with E-state index in [2.05, 4.69) is 27.4 Å². The SMILES string of the molecule is COCC(O)CN1CCC(Nc2cccc3c2cc(C#CCNc2ccc(SC)cc2OCC#N)n3CC(F)(F)F)CC1. The largest absolute Gasteiger partial charge is 0.477 e. The minimum absolute atomic E-state index is 0.108. The molecule has 1 aliphatic rings. The Morgan fingerprint density at radius 2 is 1.95 bits per heavy atom. The molecule has 12 heteroatoms. The Kier molecular flexibility index (Phi) is 11.5. The van der Waals surface area contributed by atoms with E-state index in [1.54, 1.807) is 37.1 Å². The fraction of sp³-hybridized carbons (Fsp3) is 0.452. The molecule has 4 rings (SSSR count). The van der Waals surface area contributed by atoms with Gasteiger partial charge in [0.05, 0.1) is 36.2 Å². The maximum absolute atomic E-state index is 13.6. The van der Waals surface area contributed by atoms with Crippen LogP contribution in [0.15, 0.2) is 47.4 Å². The van der Waals surface area contributed by atoms with Crippen LogP contribution in [-0.2, 0) is 11.3 Å². The van der Waals surface area contributed by atoms with Crippen molar-refractivity contribution in [3.63, 3.8) is 0 Å². The number of likely N-dealkylation sites (tertiary alicyclic amines) is 1. The van der Waals surface area contributed by atoms with Crippen molar-refractivity contribution in [2.75, 3.05) is 63.4 Å². The van der Waals surface area contributed by atoms with Gasteiger partial charge in [0.25, 0.3) is 0 Å². The first-order valence-electron chi connectivity index (χ1n) is 14.0. The van der Waals surface area contributed by atoms with Gasteiger partial charge < -0.3 is 34.7 Å². The minimum Gasteiger partial charge on any atom is -0.477 e. The van der Waals surface area contributed by atoms with Gasteiger partial charge in [-0.3, -0.25) is 0 Å². The van der Waals surface area contributed by atoms with Crippen molar-refractivity contribution in [1.82, 2.24) is 9.47 Å². The van der Waals surface area contributed by atoms with Crippen LogP contribution in [0.2, 0.25) is 0 Å². The van der Waals surface area contributed by atoms with E-state index in [9.17, 15) is 18.3 Å². The van der Waals surface area contributed by atoms with Crippen LogP contribution in [0.3, 0.4) is 0 Å². The number of piperidine rings is 1. The topological polar surface area (TPSA) is 94.7 Å². The highest BCUT2D eigenvalue weighted by molar-refractivity contribution is 7.98. The summed E-state index contributed by atoms with van der Waals surface area (Å²) in [6.45, 7) is 1.35.